The number of carbonyl (C=O) groups is 4. The fourth-order valence-corrected chi connectivity index (χ4v) is 8.83. The molecule has 0 aliphatic heterocycles. The molecule has 0 saturated heterocycles. The number of aryl methyl sites for hydroxylation is 2. The molecule has 9 aromatic carbocycles. The minimum absolute atomic E-state index is 0.00955. The molecule has 74 heavy (non-hydrogen) atoms. The van der Waals surface area contributed by atoms with Gasteiger partial charge in [-0.3, -0.25) is 9.59 Å². The molecule has 0 aliphatic rings. The van der Waals surface area contributed by atoms with Crippen molar-refractivity contribution in [1.82, 2.24) is 0 Å². The molecule has 14 nitrogen and oxygen atoms in total. The molecular weight excluding hydrogens is 1030 g/mol. The standard InChI is InChI=1S/C56H36Cl4N6O8/c1-29-15-33(55(71)73-43-25-35(57)23-36(58)26-43)19-41(17-29)63-65-49-45-9-5-3-7-31(45)21-47(51(49)67)53(69)61-39-11-13-40(14-12-39)62-54(70)48-22-32-8-4-6-10-46(32)50(52(48)68)66-64-42-18-30(2)16-34(20-42)56(72)74-44-27-37(59)24-38(60)28-44/h3-28,67-68H,1-2H3,(H,61,69)(H,62,70). The second-order valence-electron chi connectivity index (χ2n) is 16.7. The van der Waals surface area contributed by atoms with Gasteiger partial charge in [-0.25, -0.2) is 9.59 Å². The van der Waals surface area contributed by atoms with Gasteiger partial charge in [0.05, 0.1) is 33.6 Å². The third-order valence-corrected chi connectivity index (χ3v) is 12.0. The van der Waals surface area contributed by atoms with Crippen molar-refractivity contribution >= 4 is 126 Å². The number of phenols is 2. The predicted molar refractivity (Wildman–Crippen MR) is 287 cm³/mol. The topological polar surface area (TPSA) is 201 Å². The maximum atomic E-state index is 13.8. The molecule has 9 rings (SSSR count). The van der Waals surface area contributed by atoms with Gasteiger partial charge in [-0.2, -0.15) is 10.2 Å². The zero-order valence-electron chi connectivity index (χ0n) is 38.7. The lowest BCUT2D eigenvalue weighted by molar-refractivity contribution is 0.0725. The average Bonchev–Trinajstić information content (AvgIpc) is 3.35. The smallest absolute Gasteiger partial charge is 0.343 e. The average molecular weight is 1060 g/mol. The van der Waals surface area contributed by atoms with Crippen LogP contribution in [0, 0.1) is 13.8 Å². The fourth-order valence-electron chi connectivity index (χ4n) is 7.82. The van der Waals surface area contributed by atoms with Crippen molar-refractivity contribution in [3.05, 3.63) is 211 Å². The first-order valence-corrected chi connectivity index (χ1v) is 23.7. The van der Waals surface area contributed by atoms with Crippen LogP contribution >= 0.6 is 46.4 Å². The van der Waals surface area contributed by atoms with E-state index in [4.69, 9.17) is 55.9 Å². The zero-order valence-corrected chi connectivity index (χ0v) is 41.7. The Morgan fingerprint density at radius 2 is 0.811 bits per heavy atom. The van der Waals surface area contributed by atoms with Crippen molar-refractivity contribution in [2.75, 3.05) is 10.6 Å². The van der Waals surface area contributed by atoms with E-state index in [2.05, 4.69) is 31.1 Å². The van der Waals surface area contributed by atoms with Gasteiger partial charge < -0.3 is 30.3 Å². The van der Waals surface area contributed by atoms with Gasteiger partial charge in [-0.05, 0) is 145 Å². The highest BCUT2D eigenvalue weighted by Gasteiger charge is 2.22. The minimum Gasteiger partial charge on any atom is -0.505 e. The van der Waals surface area contributed by atoms with Crippen LogP contribution in [-0.4, -0.2) is 34.0 Å². The SMILES string of the molecule is Cc1cc(N=Nc2c(O)c(C(=O)Nc3ccc(NC(=O)c4cc5ccccc5c(N=Nc5cc(C)cc(C(=O)Oc6cc(Cl)cc(Cl)c6)c5)c4O)cc3)cc3ccccc23)cc(C(=O)Oc2cc(Cl)cc(Cl)c2)c1. The largest absolute Gasteiger partial charge is 0.505 e. The zero-order chi connectivity index (χ0) is 52.2. The number of halogens is 4. The molecule has 0 radical (unpaired) electrons. The Balaban J connectivity index is 0.911. The molecule has 0 bridgehead atoms. The van der Waals surface area contributed by atoms with E-state index in [9.17, 15) is 29.4 Å². The summed E-state index contributed by atoms with van der Waals surface area (Å²) in [6.45, 7) is 3.53. The van der Waals surface area contributed by atoms with Crippen molar-refractivity contribution in [3.8, 4) is 23.0 Å². The number of fused-ring (bicyclic) bond motifs is 2. The van der Waals surface area contributed by atoms with E-state index in [-0.39, 0.29) is 56.5 Å². The summed E-state index contributed by atoms with van der Waals surface area (Å²) in [6, 6.07) is 41.6. The van der Waals surface area contributed by atoms with Gasteiger partial charge in [-0.15, -0.1) is 10.2 Å². The second-order valence-corrected chi connectivity index (χ2v) is 18.4. The molecule has 0 heterocycles. The van der Waals surface area contributed by atoms with E-state index in [1.165, 1.54) is 60.7 Å². The lowest BCUT2D eigenvalue weighted by Crippen LogP contribution is -2.13. The first-order chi connectivity index (χ1) is 35.5. The molecule has 9 aromatic rings. The maximum Gasteiger partial charge on any atom is 0.343 e. The van der Waals surface area contributed by atoms with E-state index >= 15 is 0 Å². The molecule has 2 amide bonds. The van der Waals surface area contributed by atoms with E-state index in [1.54, 1.807) is 111 Å². The molecule has 0 fully saturated rings. The summed E-state index contributed by atoms with van der Waals surface area (Å²) in [5.74, 6) is -3.30. The number of nitrogens with one attached hydrogen (secondary N) is 2. The Morgan fingerprint density at radius 3 is 1.19 bits per heavy atom. The third-order valence-electron chi connectivity index (χ3n) is 11.1. The number of carbonyl (C=O) groups excluding carboxylic acids is 4. The van der Waals surface area contributed by atoms with Crippen molar-refractivity contribution < 1.29 is 38.9 Å². The van der Waals surface area contributed by atoms with Crippen LogP contribution < -0.4 is 20.1 Å². The number of rotatable bonds is 12. The Labute approximate surface area is 441 Å². The number of ether oxygens (including phenoxy) is 2. The van der Waals surface area contributed by atoms with Crippen LogP contribution in [0.3, 0.4) is 0 Å². The van der Waals surface area contributed by atoms with Gasteiger partial charge in [-0.1, -0.05) is 94.9 Å². The molecule has 0 spiro atoms. The first kappa shape index (κ1) is 50.3. The lowest BCUT2D eigenvalue weighted by atomic mass is 10.0. The highest BCUT2D eigenvalue weighted by Crippen LogP contribution is 2.42. The summed E-state index contributed by atoms with van der Waals surface area (Å²) in [4.78, 5) is 53.9. The van der Waals surface area contributed by atoms with Crippen LogP contribution in [0.15, 0.2) is 178 Å². The normalized spacial score (nSPS) is 11.3. The quantitative estimate of drug-likeness (QED) is 0.0526. The Kier molecular flexibility index (Phi) is 14.7. The number of phenolic OH excluding ortho intramolecular Hbond substituents is 2. The van der Waals surface area contributed by atoms with Gasteiger partial charge in [0.2, 0.25) is 0 Å². The number of amides is 2. The number of azo groups is 2. The highest BCUT2D eigenvalue weighted by molar-refractivity contribution is 6.35. The van der Waals surface area contributed by atoms with E-state index in [0.29, 0.717) is 64.1 Å². The summed E-state index contributed by atoms with van der Waals surface area (Å²) in [5.41, 5.74) is 2.67. The number of esters is 2. The van der Waals surface area contributed by atoms with Crippen LogP contribution in [0.1, 0.15) is 52.6 Å². The van der Waals surface area contributed by atoms with Gasteiger partial charge in [0.1, 0.15) is 22.9 Å². The summed E-state index contributed by atoms with van der Waals surface area (Å²) < 4.78 is 11.0. The minimum atomic E-state index is -0.690. The van der Waals surface area contributed by atoms with Crippen LogP contribution in [0.25, 0.3) is 21.5 Å². The van der Waals surface area contributed by atoms with Crippen LogP contribution in [0.4, 0.5) is 34.1 Å². The molecular formula is C56H36Cl4N6O8. The van der Waals surface area contributed by atoms with Gasteiger partial charge in [0.25, 0.3) is 11.8 Å². The number of benzene rings is 9. The molecule has 0 saturated carbocycles. The van der Waals surface area contributed by atoms with Crippen LogP contribution in [0.2, 0.25) is 20.1 Å². The van der Waals surface area contributed by atoms with Gasteiger partial charge in [0, 0.05) is 42.2 Å². The first-order valence-electron chi connectivity index (χ1n) is 22.2. The van der Waals surface area contributed by atoms with Crippen LogP contribution in [0.5, 0.6) is 23.0 Å². The highest BCUT2D eigenvalue weighted by atomic mass is 35.5. The molecule has 18 heteroatoms. The molecule has 366 valence electrons. The summed E-state index contributed by atoms with van der Waals surface area (Å²) in [7, 11) is 0. The number of hydrogen-bond acceptors (Lipinski definition) is 12. The Bertz CT molecular complexity index is 3540. The molecule has 0 aromatic heterocycles. The van der Waals surface area contributed by atoms with E-state index < -0.39 is 35.3 Å². The Morgan fingerprint density at radius 1 is 0.446 bits per heavy atom. The summed E-state index contributed by atoms with van der Waals surface area (Å²) in [6.07, 6.45) is 0. The summed E-state index contributed by atoms with van der Waals surface area (Å²) >= 11 is 24.3. The molecule has 0 atom stereocenters. The number of anilines is 2. The van der Waals surface area contributed by atoms with Crippen molar-refractivity contribution in [1.29, 1.82) is 0 Å². The van der Waals surface area contributed by atoms with Gasteiger partial charge >= 0.3 is 11.9 Å². The second kappa shape index (κ2) is 21.6. The van der Waals surface area contributed by atoms with Crippen LogP contribution in [-0.2, 0) is 0 Å². The van der Waals surface area contributed by atoms with Crippen molar-refractivity contribution in [3.63, 3.8) is 0 Å². The van der Waals surface area contributed by atoms with Crippen molar-refractivity contribution in [2.45, 2.75) is 13.8 Å². The van der Waals surface area contributed by atoms with E-state index in [1.807, 2.05) is 0 Å². The number of nitrogens with zero attached hydrogens (tertiary/aromatic N) is 4. The monoisotopic (exact) mass is 1060 g/mol. The predicted octanol–water partition coefficient (Wildman–Crippen LogP) is 16.4. The molecule has 4 N–H and O–H groups in total. The number of hydrogen-bond donors (Lipinski definition) is 4. The molecule has 0 unspecified atom stereocenters. The van der Waals surface area contributed by atoms with E-state index in [0.717, 1.165) is 0 Å². The number of aromatic hydroxyl groups is 2. The Hall–Kier alpha value is -8.66. The molecule has 0 aliphatic carbocycles. The maximum absolute atomic E-state index is 13.8. The third kappa shape index (κ3) is 11.7. The van der Waals surface area contributed by atoms with Crippen molar-refractivity contribution in [2.24, 2.45) is 20.5 Å². The lowest BCUT2D eigenvalue weighted by Gasteiger charge is -2.13. The fraction of sp³-hybridized carbons (Fsp3) is 0.0357. The summed E-state index contributed by atoms with van der Waals surface area (Å²) in [5, 5.41) is 49.4. The van der Waals surface area contributed by atoms with Gasteiger partial charge in [0.15, 0.2) is 11.5 Å².